The van der Waals surface area contributed by atoms with E-state index in [-0.39, 0.29) is 6.03 Å². The molecule has 18 heavy (non-hydrogen) atoms. The molecule has 0 aliphatic rings. The van der Waals surface area contributed by atoms with E-state index in [4.69, 9.17) is 5.73 Å². The molecule has 0 heterocycles. The van der Waals surface area contributed by atoms with Gasteiger partial charge in [0, 0.05) is 17.1 Å². The first-order valence-corrected chi connectivity index (χ1v) is 5.64. The van der Waals surface area contributed by atoms with Gasteiger partial charge in [-0.25, -0.2) is 4.79 Å². The zero-order chi connectivity index (χ0) is 13.0. The summed E-state index contributed by atoms with van der Waals surface area (Å²) >= 11 is 0. The topological polar surface area (TPSA) is 67.2 Å². The molecule has 0 saturated carbocycles. The second-order valence-corrected chi connectivity index (χ2v) is 4.07. The van der Waals surface area contributed by atoms with Crippen molar-refractivity contribution in [3.63, 3.8) is 0 Å². The van der Waals surface area contributed by atoms with E-state index in [0.717, 1.165) is 11.3 Å². The molecule has 2 aromatic rings. The van der Waals surface area contributed by atoms with Crippen LogP contribution in [0.25, 0.3) is 0 Å². The second kappa shape index (κ2) is 5.23. The molecule has 0 spiro atoms. The van der Waals surface area contributed by atoms with Gasteiger partial charge in [-0.05, 0) is 43.3 Å². The van der Waals surface area contributed by atoms with Gasteiger partial charge in [-0.15, -0.1) is 0 Å². The predicted octanol–water partition coefficient (Wildman–Crippen LogP) is 3.22. The van der Waals surface area contributed by atoms with E-state index in [1.165, 1.54) is 0 Å². The zero-order valence-electron chi connectivity index (χ0n) is 10.1. The van der Waals surface area contributed by atoms with Crippen molar-refractivity contribution in [2.45, 2.75) is 6.92 Å². The van der Waals surface area contributed by atoms with E-state index >= 15 is 0 Å². The van der Waals surface area contributed by atoms with Gasteiger partial charge in [0.25, 0.3) is 0 Å². The number of aryl methyl sites for hydroxylation is 1. The maximum Gasteiger partial charge on any atom is 0.323 e. The van der Waals surface area contributed by atoms with Crippen molar-refractivity contribution in [3.05, 3.63) is 54.1 Å². The highest BCUT2D eigenvalue weighted by Gasteiger charge is 2.01. The van der Waals surface area contributed by atoms with E-state index in [1.54, 1.807) is 24.3 Å². The van der Waals surface area contributed by atoms with Crippen molar-refractivity contribution in [3.8, 4) is 0 Å². The minimum Gasteiger partial charge on any atom is -0.399 e. The largest absolute Gasteiger partial charge is 0.399 e. The molecule has 92 valence electrons. The number of hydrogen-bond donors (Lipinski definition) is 3. The highest BCUT2D eigenvalue weighted by atomic mass is 16.2. The van der Waals surface area contributed by atoms with Gasteiger partial charge in [0.15, 0.2) is 0 Å². The fraction of sp³-hybridized carbons (Fsp3) is 0.0714. The minimum atomic E-state index is -0.274. The third-order valence-electron chi connectivity index (χ3n) is 2.48. The van der Waals surface area contributed by atoms with E-state index in [9.17, 15) is 4.79 Å². The average molecular weight is 241 g/mol. The number of carbonyl (C=O) groups excluding carboxylic acids is 1. The lowest BCUT2D eigenvalue weighted by atomic mass is 10.2. The third kappa shape index (κ3) is 3.25. The highest BCUT2D eigenvalue weighted by molar-refractivity contribution is 5.99. The normalized spacial score (nSPS) is 9.83. The van der Waals surface area contributed by atoms with Crippen LogP contribution in [0.4, 0.5) is 21.9 Å². The molecule has 2 amide bonds. The van der Waals surface area contributed by atoms with Crippen molar-refractivity contribution in [1.29, 1.82) is 0 Å². The van der Waals surface area contributed by atoms with Crippen LogP contribution in [-0.4, -0.2) is 6.03 Å². The molecule has 0 aliphatic heterocycles. The fourth-order valence-electron chi connectivity index (χ4n) is 1.50. The number of hydrogen-bond acceptors (Lipinski definition) is 2. The number of nitrogens with two attached hydrogens (primary N) is 1. The Kier molecular flexibility index (Phi) is 3.48. The highest BCUT2D eigenvalue weighted by Crippen LogP contribution is 2.12. The Morgan fingerprint density at radius 2 is 1.33 bits per heavy atom. The molecule has 0 fully saturated rings. The molecule has 2 aromatic carbocycles. The molecule has 0 atom stereocenters. The van der Waals surface area contributed by atoms with Crippen molar-refractivity contribution in [2.75, 3.05) is 16.4 Å². The number of amides is 2. The SMILES string of the molecule is Cc1ccc(NC(=O)Nc2ccc(N)cc2)cc1. The fourth-order valence-corrected chi connectivity index (χ4v) is 1.50. The van der Waals surface area contributed by atoms with Crippen LogP contribution in [0.15, 0.2) is 48.5 Å². The molecule has 0 radical (unpaired) electrons. The molecule has 4 heteroatoms. The molecular formula is C14H15N3O. The van der Waals surface area contributed by atoms with Crippen LogP contribution in [0.3, 0.4) is 0 Å². The second-order valence-electron chi connectivity index (χ2n) is 4.07. The predicted molar refractivity (Wildman–Crippen MR) is 74.7 cm³/mol. The van der Waals surface area contributed by atoms with Crippen LogP contribution in [-0.2, 0) is 0 Å². The van der Waals surface area contributed by atoms with Crippen molar-refractivity contribution < 1.29 is 4.79 Å². The Hall–Kier alpha value is -2.49. The van der Waals surface area contributed by atoms with Crippen LogP contribution in [0.2, 0.25) is 0 Å². The monoisotopic (exact) mass is 241 g/mol. The van der Waals surface area contributed by atoms with Crippen LogP contribution < -0.4 is 16.4 Å². The molecule has 0 aromatic heterocycles. The molecular weight excluding hydrogens is 226 g/mol. The number of benzene rings is 2. The molecule has 4 nitrogen and oxygen atoms in total. The minimum absolute atomic E-state index is 0.274. The van der Waals surface area contributed by atoms with E-state index in [1.807, 2.05) is 31.2 Å². The summed E-state index contributed by atoms with van der Waals surface area (Å²) in [5.74, 6) is 0. The number of nitrogen functional groups attached to an aromatic ring is 1. The third-order valence-corrected chi connectivity index (χ3v) is 2.48. The van der Waals surface area contributed by atoms with Crippen LogP contribution in [0.1, 0.15) is 5.56 Å². The molecule has 4 N–H and O–H groups in total. The van der Waals surface area contributed by atoms with Crippen molar-refractivity contribution in [1.82, 2.24) is 0 Å². The van der Waals surface area contributed by atoms with Crippen LogP contribution >= 0.6 is 0 Å². The lowest BCUT2D eigenvalue weighted by molar-refractivity contribution is 0.262. The van der Waals surface area contributed by atoms with E-state index in [2.05, 4.69) is 10.6 Å². The lowest BCUT2D eigenvalue weighted by Crippen LogP contribution is -2.19. The van der Waals surface area contributed by atoms with Gasteiger partial charge in [-0.2, -0.15) is 0 Å². The van der Waals surface area contributed by atoms with E-state index in [0.29, 0.717) is 11.4 Å². The van der Waals surface area contributed by atoms with Gasteiger partial charge in [0.05, 0.1) is 0 Å². The lowest BCUT2D eigenvalue weighted by Gasteiger charge is -2.08. The van der Waals surface area contributed by atoms with Gasteiger partial charge in [-0.3, -0.25) is 0 Å². The maximum atomic E-state index is 11.7. The Morgan fingerprint density at radius 1 is 0.889 bits per heavy atom. The van der Waals surface area contributed by atoms with Gasteiger partial charge in [0.2, 0.25) is 0 Å². The van der Waals surface area contributed by atoms with Gasteiger partial charge in [0.1, 0.15) is 0 Å². The number of nitrogens with one attached hydrogen (secondary N) is 2. The summed E-state index contributed by atoms with van der Waals surface area (Å²) in [5.41, 5.74) is 8.85. The first-order chi connectivity index (χ1) is 8.63. The Labute approximate surface area is 106 Å². The standard InChI is InChI=1S/C14H15N3O/c1-10-2-6-12(7-3-10)16-14(18)17-13-8-4-11(15)5-9-13/h2-9H,15H2,1H3,(H2,16,17,18). The number of rotatable bonds is 2. The Morgan fingerprint density at radius 3 is 1.83 bits per heavy atom. The summed E-state index contributed by atoms with van der Waals surface area (Å²) in [6.07, 6.45) is 0. The summed E-state index contributed by atoms with van der Waals surface area (Å²) in [6.45, 7) is 2.00. The molecule has 0 saturated heterocycles. The molecule has 2 rings (SSSR count). The first kappa shape index (κ1) is 12.0. The van der Waals surface area contributed by atoms with Crippen molar-refractivity contribution >= 4 is 23.1 Å². The van der Waals surface area contributed by atoms with E-state index < -0.39 is 0 Å². The number of urea groups is 1. The zero-order valence-corrected chi connectivity index (χ0v) is 10.1. The van der Waals surface area contributed by atoms with Crippen LogP contribution in [0.5, 0.6) is 0 Å². The summed E-state index contributed by atoms with van der Waals surface area (Å²) in [7, 11) is 0. The number of carbonyl (C=O) groups is 1. The Balaban J connectivity index is 1.96. The van der Waals surface area contributed by atoms with Gasteiger partial charge in [-0.1, -0.05) is 17.7 Å². The van der Waals surface area contributed by atoms with Crippen LogP contribution in [0, 0.1) is 6.92 Å². The Bertz CT molecular complexity index is 482. The molecule has 0 aliphatic carbocycles. The average Bonchev–Trinajstić information content (AvgIpc) is 2.35. The molecule has 0 unspecified atom stereocenters. The quantitative estimate of drug-likeness (QED) is 0.707. The van der Waals surface area contributed by atoms with Crippen molar-refractivity contribution in [2.24, 2.45) is 0 Å². The molecule has 0 bridgehead atoms. The number of anilines is 3. The smallest absolute Gasteiger partial charge is 0.323 e. The first-order valence-electron chi connectivity index (χ1n) is 5.64. The van der Waals surface area contributed by atoms with Gasteiger partial charge < -0.3 is 16.4 Å². The summed E-state index contributed by atoms with van der Waals surface area (Å²) in [6, 6.07) is 14.3. The maximum absolute atomic E-state index is 11.7. The van der Waals surface area contributed by atoms with Gasteiger partial charge >= 0.3 is 6.03 Å². The summed E-state index contributed by atoms with van der Waals surface area (Å²) < 4.78 is 0. The summed E-state index contributed by atoms with van der Waals surface area (Å²) in [5, 5.41) is 5.48. The summed E-state index contributed by atoms with van der Waals surface area (Å²) in [4.78, 5) is 11.7.